The van der Waals surface area contributed by atoms with E-state index in [2.05, 4.69) is 20.1 Å². The predicted octanol–water partition coefficient (Wildman–Crippen LogP) is 1.46. The van der Waals surface area contributed by atoms with Crippen LogP contribution in [0.3, 0.4) is 0 Å². The molecular weight excluding hydrogens is 392 g/mol. The Labute approximate surface area is 181 Å². The summed E-state index contributed by atoms with van der Waals surface area (Å²) in [5.74, 6) is 0.433. The summed E-state index contributed by atoms with van der Waals surface area (Å²) in [5, 5.41) is 3.84. The highest BCUT2D eigenvalue weighted by atomic mass is 16.2. The number of carbonyl (C=O) groups excluding carboxylic acids is 2. The second kappa shape index (κ2) is 9.18. The predicted molar refractivity (Wildman–Crippen MR) is 121 cm³/mol. The van der Waals surface area contributed by atoms with Gasteiger partial charge in [-0.3, -0.25) is 14.5 Å². The molecule has 8 nitrogen and oxygen atoms in total. The third-order valence-electron chi connectivity index (χ3n) is 5.65. The zero-order chi connectivity index (χ0) is 21.8. The quantitative estimate of drug-likeness (QED) is 0.603. The van der Waals surface area contributed by atoms with Crippen LogP contribution in [0.15, 0.2) is 54.9 Å². The highest BCUT2D eigenvalue weighted by Crippen LogP contribution is 2.21. The Bertz CT molecular complexity index is 1060. The minimum atomic E-state index is -0.492. The van der Waals surface area contributed by atoms with E-state index in [9.17, 15) is 9.59 Å². The lowest BCUT2D eigenvalue weighted by atomic mass is 10.2. The number of para-hydroxylation sites is 1. The van der Waals surface area contributed by atoms with Gasteiger partial charge in [0.25, 0.3) is 5.91 Å². The first-order valence-corrected chi connectivity index (χ1v) is 10.6. The van der Waals surface area contributed by atoms with Gasteiger partial charge >= 0.3 is 0 Å². The van der Waals surface area contributed by atoms with Gasteiger partial charge in [0, 0.05) is 62.1 Å². The molecule has 1 unspecified atom stereocenters. The molecule has 0 saturated carbocycles. The van der Waals surface area contributed by atoms with E-state index < -0.39 is 5.91 Å². The number of pyridine rings is 1. The van der Waals surface area contributed by atoms with Gasteiger partial charge in [-0.1, -0.05) is 24.3 Å². The van der Waals surface area contributed by atoms with Crippen molar-refractivity contribution in [2.75, 3.05) is 37.6 Å². The van der Waals surface area contributed by atoms with Crippen LogP contribution in [-0.2, 0) is 11.3 Å². The monoisotopic (exact) mass is 420 g/mol. The second-order valence-corrected chi connectivity index (χ2v) is 8.00. The largest absolute Gasteiger partial charge is 0.366 e. The van der Waals surface area contributed by atoms with Gasteiger partial charge in [-0.25, -0.2) is 4.98 Å². The van der Waals surface area contributed by atoms with Crippen molar-refractivity contribution in [2.24, 2.45) is 5.73 Å². The van der Waals surface area contributed by atoms with E-state index in [0.29, 0.717) is 5.56 Å². The number of primary amides is 1. The van der Waals surface area contributed by atoms with Gasteiger partial charge in [0.1, 0.15) is 12.4 Å². The Hall–Kier alpha value is -3.39. The van der Waals surface area contributed by atoms with Gasteiger partial charge in [0.2, 0.25) is 5.91 Å². The number of amides is 2. The van der Waals surface area contributed by atoms with Gasteiger partial charge in [-0.15, -0.1) is 0 Å². The van der Waals surface area contributed by atoms with Crippen molar-refractivity contribution < 1.29 is 9.59 Å². The Morgan fingerprint density at radius 1 is 1.10 bits per heavy atom. The van der Waals surface area contributed by atoms with Gasteiger partial charge in [-0.2, -0.15) is 0 Å². The summed E-state index contributed by atoms with van der Waals surface area (Å²) in [6.45, 7) is 6.66. The standard InChI is InChI=1S/C23H28N6O2/c1-17(14-27-10-12-28(13-11-27)21-8-4-5-9-25-21)26-22(30)16-29-15-19(23(24)31)18-6-2-3-7-20(18)29/h2-9,15,17H,10-14,16H2,1H3,(H2,24,31)(H,26,30). The lowest BCUT2D eigenvalue weighted by Crippen LogP contribution is -2.51. The third-order valence-corrected chi connectivity index (χ3v) is 5.65. The fourth-order valence-corrected chi connectivity index (χ4v) is 4.18. The van der Waals surface area contributed by atoms with Crippen LogP contribution in [0.4, 0.5) is 5.82 Å². The maximum atomic E-state index is 12.6. The average Bonchev–Trinajstić information content (AvgIpc) is 3.13. The first-order chi connectivity index (χ1) is 15.0. The molecule has 1 fully saturated rings. The van der Waals surface area contributed by atoms with E-state index in [-0.39, 0.29) is 18.5 Å². The lowest BCUT2D eigenvalue weighted by molar-refractivity contribution is -0.122. The molecule has 1 aromatic carbocycles. The summed E-state index contributed by atoms with van der Waals surface area (Å²) in [7, 11) is 0. The molecule has 1 saturated heterocycles. The van der Waals surface area contributed by atoms with Crippen molar-refractivity contribution in [3.63, 3.8) is 0 Å². The molecule has 162 valence electrons. The second-order valence-electron chi connectivity index (χ2n) is 8.00. The molecule has 4 rings (SSSR count). The summed E-state index contributed by atoms with van der Waals surface area (Å²) in [5.41, 5.74) is 6.75. The molecule has 8 heteroatoms. The number of aromatic nitrogens is 2. The van der Waals surface area contributed by atoms with Crippen LogP contribution in [-0.4, -0.2) is 65.0 Å². The topological polar surface area (TPSA) is 96.5 Å². The van der Waals surface area contributed by atoms with Crippen molar-refractivity contribution in [1.29, 1.82) is 0 Å². The zero-order valence-electron chi connectivity index (χ0n) is 17.7. The number of nitrogens with two attached hydrogens (primary N) is 1. The number of carbonyl (C=O) groups is 2. The number of hydrogen-bond acceptors (Lipinski definition) is 5. The molecule has 0 aliphatic carbocycles. The van der Waals surface area contributed by atoms with Crippen LogP contribution < -0.4 is 16.0 Å². The number of piperazine rings is 1. The maximum absolute atomic E-state index is 12.6. The van der Waals surface area contributed by atoms with Crippen LogP contribution in [0.5, 0.6) is 0 Å². The number of fused-ring (bicyclic) bond motifs is 1. The fourth-order valence-electron chi connectivity index (χ4n) is 4.18. The average molecular weight is 421 g/mol. The Kier molecular flexibility index (Phi) is 6.18. The molecular formula is C23H28N6O2. The maximum Gasteiger partial charge on any atom is 0.250 e. The van der Waals surface area contributed by atoms with Crippen molar-refractivity contribution in [1.82, 2.24) is 19.8 Å². The Morgan fingerprint density at radius 3 is 2.55 bits per heavy atom. The summed E-state index contributed by atoms with van der Waals surface area (Å²) >= 11 is 0. The number of rotatable bonds is 7. The van der Waals surface area contributed by atoms with E-state index in [1.807, 2.05) is 55.6 Å². The van der Waals surface area contributed by atoms with Crippen LogP contribution >= 0.6 is 0 Å². The van der Waals surface area contributed by atoms with E-state index in [1.165, 1.54) is 0 Å². The molecule has 1 aliphatic rings. The highest BCUT2D eigenvalue weighted by molar-refractivity contribution is 6.06. The minimum absolute atomic E-state index is 0.0198. The first kappa shape index (κ1) is 20.9. The number of benzene rings is 1. The van der Waals surface area contributed by atoms with Crippen molar-refractivity contribution in [3.8, 4) is 0 Å². The van der Waals surface area contributed by atoms with Gasteiger partial charge in [0.15, 0.2) is 0 Å². The van der Waals surface area contributed by atoms with Crippen molar-refractivity contribution >= 4 is 28.5 Å². The van der Waals surface area contributed by atoms with E-state index in [1.54, 1.807) is 10.8 Å². The molecule has 1 atom stereocenters. The number of anilines is 1. The summed E-state index contributed by atoms with van der Waals surface area (Å²) in [4.78, 5) is 33.4. The molecule has 3 aromatic rings. The van der Waals surface area contributed by atoms with Crippen LogP contribution in [0.2, 0.25) is 0 Å². The third kappa shape index (κ3) is 4.86. The smallest absolute Gasteiger partial charge is 0.250 e. The zero-order valence-corrected chi connectivity index (χ0v) is 17.7. The van der Waals surface area contributed by atoms with Gasteiger partial charge in [0.05, 0.1) is 5.56 Å². The van der Waals surface area contributed by atoms with E-state index in [4.69, 9.17) is 5.73 Å². The van der Waals surface area contributed by atoms with Crippen molar-refractivity contribution in [3.05, 3.63) is 60.4 Å². The molecule has 31 heavy (non-hydrogen) atoms. The van der Waals surface area contributed by atoms with Gasteiger partial charge in [-0.05, 0) is 25.1 Å². The molecule has 3 N–H and O–H groups in total. The number of hydrogen-bond donors (Lipinski definition) is 2. The van der Waals surface area contributed by atoms with Crippen molar-refractivity contribution in [2.45, 2.75) is 19.5 Å². The molecule has 0 spiro atoms. The lowest BCUT2D eigenvalue weighted by Gasteiger charge is -2.36. The van der Waals surface area contributed by atoms with Gasteiger partial charge < -0.3 is 20.5 Å². The normalized spacial score (nSPS) is 15.7. The molecule has 2 amide bonds. The Balaban J connectivity index is 1.30. The summed E-state index contributed by atoms with van der Waals surface area (Å²) < 4.78 is 1.78. The number of nitrogens with one attached hydrogen (secondary N) is 1. The fraction of sp³-hybridized carbons (Fsp3) is 0.348. The number of nitrogens with zero attached hydrogens (tertiary/aromatic N) is 4. The molecule has 0 bridgehead atoms. The van der Waals surface area contributed by atoms with E-state index in [0.717, 1.165) is 49.4 Å². The highest BCUT2D eigenvalue weighted by Gasteiger charge is 2.20. The van der Waals surface area contributed by atoms with Crippen LogP contribution in [0, 0.1) is 0 Å². The van der Waals surface area contributed by atoms with E-state index >= 15 is 0 Å². The minimum Gasteiger partial charge on any atom is -0.366 e. The van der Waals surface area contributed by atoms with Crippen LogP contribution in [0.1, 0.15) is 17.3 Å². The molecule has 1 aliphatic heterocycles. The molecule has 2 aromatic heterocycles. The van der Waals surface area contributed by atoms with Crippen LogP contribution in [0.25, 0.3) is 10.9 Å². The first-order valence-electron chi connectivity index (χ1n) is 10.6. The summed E-state index contributed by atoms with van der Waals surface area (Å²) in [6.07, 6.45) is 3.48. The summed E-state index contributed by atoms with van der Waals surface area (Å²) in [6, 6.07) is 13.5. The molecule has 3 heterocycles. The SMILES string of the molecule is CC(CN1CCN(c2ccccn2)CC1)NC(=O)Cn1cc(C(N)=O)c2ccccc21. The Morgan fingerprint density at radius 2 is 1.84 bits per heavy atom. The molecule has 0 radical (unpaired) electrons.